The quantitative estimate of drug-likeness (QED) is 0.252. The van der Waals surface area contributed by atoms with Gasteiger partial charge in [-0.15, -0.1) is 0 Å². The molecule has 1 N–H and O–H groups in total. The molecule has 6 rings (SSSR count). The number of methoxy groups -OCH3 is 2. The lowest BCUT2D eigenvalue weighted by molar-refractivity contribution is -0.123. The summed E-state index contributed by atoms with van der Waals surface area (Å²) in [7, 11) is 2.96. The molecule has 1 aromatic heterocycles. The van der Waals surface area contributed by atoms with E-state index in [0.29, 0.717) is 50.1 Å². The fourth-order valence-electron chi connectivity index (χ4n) is 7.26. The van der Waals surface area contributed by atoms with Crippen molar-refractivity contribution in [2.75, 3.05) is 32.2 Å². The summed E-state index contributed by atoms with van der Waals surface area (Å²) in [6.45, 7) is 2.58. The number of rotatable bonds is 10. The Balaban J connectivity index is 1.15. The van der Waals surface area contributed by atoms with Crippen molar-refractivity contribution in [3.63, 3.8) is 0 Å². The minimum atomic E-state index is -0.664. The highest BCUT2D eigenvalue weighted by molar-refractivity contribution is 6.00. The summed E-state index contributed by atoms with van der Waals surface area (Å²) in [4.78, 5) is 44.2. The molecule has 1 heterocycles. The number of nitrogens with one attached hydrogen (secondary N) is 1. The molecule has 254 valence electrons. The number of anilines is 1. The molecule has 0 radical (unpaired) electrons. The van der Waals surface area contributed by atoms with Crippen molar-refractivity contribution in [1.82, 2.24) is 15.1 Å². The first-order valence-electron chi connectivity index (χ1n) is 17.3. The van der Waals surface area contributed by atoms with Crippen LogP contribution in [0.25, 0.3) is 11.1 Å². The van der Waals surface area contributed by atoms with Crippen LogP contribution >= 0.6 is 0 Å². The summed E-state index contributed by atoms with van der Waals surface area (Å²) < 4.78 is 12.1. The number of aromatic nitrogens is 2. The van der Waals surface area contributed by atoms with Gasteiger partial charge in [0, 0.05) is 35.6 Å². The normalized spacial score (nSPS) is 20.9. The van der Waals surface area contributed by atoms with E-state index in [2.05, 4.69) is 74.3 Å². The van der Waals surface area contributed by atoms with Crippen LogP contribution in [0.15, 0.2) is 59.9 Å². The standard InChI is InChI=1S/C38H47N5O5/c1-25-19-30(13-18-35(25)47-2)27-9-7-26(8-10-27)23-42(34-6-4-5-29(20-34)31-21-40-43(24-31)33-16-17-33)37(45)28-11-14-32(15-12-28)41-36(44)22-39-38(46)48-3/h4-6,13,18-21,24,26-28,33H,7-12,14-17,22-23H2,1-3H3,(H,39,46). The second kappa shape index (κ2) is 15.2. The molecule has 10 nitrogen and oxygen atoms in total. The van der Waals surface area contributed by atoms with Crippen LogP contribution in [0.1, 0.15) is 87.3 Å². The lowest BCUT2D eigenvalue weighted by Gasteiger charge is -2.35. The number of benzene rings is 2. The zero-order valence-electron chi connectivity index (χ0n) is 28.3. The Bertz CT molecular complexity index is 1640. The van der Waals surface area contributed by atoms with Gasteiger partial charge < -0.3 is 19.7 Å². The SMILES string of the molecule is COC(=O)NCC(=O)N=C1CCC(C(=O)N(CC2CCC(c3ccc(OC)c(C)c3)CC2)c2cccc(-c3cnn(C4CC4)c3)c2)CC1. The highest BCUT2D eigenvalue weighted by atomic mass is 16.5. The van der Waals surface area contributed by atoms with Crippen molar-refractivity contribution in [3.05, 3.63) is 66.0 Å². The Labute approximate surface area is 282 Å². The van der Waals surface area contributed by atoms with Crippen LogP contribution < -0.4 is 15.0 Å². The highest BCUT2D eigenvalue weighted by Gasteiger charge is 2.32. The number of aryl methyl sites for hydroxylation is 1. The maximum Gasteiger partial charge on any atom is 0.407 e. The van der Waals surface area contributed by atoms with Crippen LogP contribution in [0.3, 0.4) is 0 Å². The molecule has 3 amide bonds. The van der Waals surface area contributed by atoms with Crippen LogP contribution in [-0.2, 0) is 14.3 Å². The number of alkyl carbamates (subject to hydrolysis) is 1. The fourth-order valence-corrected chi connectivity index (χ4v) is 7.26. The lowest BCUT2D eigenvalue weighted by Crippen LogP contribution is -2.41. The monoisotopic (exact) mass is 653 g/mol. The first-order chi connectivity index (χ1) is 23.3. The van der Waals surface area contributed by atoms with E-state index in [1.165, 1.54) is 31.1 Å². The zero-order chi connectivity index (χ0) is 33.6. The van der Waals surface area contributed by atoms with Crippen LogP contribution in [0.5, 0.6) is 5.75 Å². The van der Waals surface area contributed by atoms with E-state index in [0.717, 1.165) is 54.0 Å². The molecule has 0 aliphatic heterocycles. The summed E-state index contributed by atoms with van der Waals surface area (Å²) in [6.07, 6.45) is 12.5. The summed E-state index contributed by atoms with van der Waals surface area (Å²) in [5, 5.41) is 6.97. The number of carbonyl (C=O) groups is 3. The van der Waals surface area contributed by atoms with Gasteiger partial charge in [0.1, 0.15) is 12.3 Å². The molecule has 2 aromatic carbocycles. The van der Waals surface area contributed by atoms with Gasteiger partial charge >= 0.3 is 6.09 Å². The molecule has 3 fully saturated rings. The molecular formula is C38H47N5O5. The molecule has 3 aromatic rings. The third-order valence-electron chi connectivity index (χ3n) is 10.2. The molecule has 0 saturated heterocycles. The molecule has 3 saturated carbocycles. The summed E-state index contributed by atoms with van der Waals surface area (Å²) in [5.74, 6) is 1.43. The number of hydrogen-bond donors (Lipinski definition) is 1. The summed E-state index contributed by atoms with van der Waals surface area (Å²) in [6, 6.07) is 15.4. The van der Waals surface area contributed by atoms with Crippen molar-refractivity contribution < 1.29 is 23.9 Å². The second-order valence-electron chi connectivity index (χ2n) is 13.6. The molecule has 48 heavy (non-hydrogen) atoms. The van der Waals surface area contributed by atoms with Crippen LogP contribution in [0, 0.1) is 18.8 Å². The Kier molecular flexibility index (Phi) is 10.6. The zero-order valence-corrected chi connectivity index (χ0v) is 28.3. The maximum atomic E-state index is 14.4. The number of hydrogen-bond acceptors (Lipinski definition) is 6. The van der Waals surface area contributed by atoms with E-state index < -0.39 is 12.0 Å². The third-order valence-corrected chi connectivity index (χ3v) is 10.2. The van der Waals surface area contributed by atoms with E-state index in [-0.39, 0.29) is 18.4 Å². The predicted molar refractivity (Wildman–Crippen MR) is 186 cm³/mol. The number of carbonyl (C=O) groups excluding carboxylic acids is 3. The molecule has 3 aliphatic carbocycles. The fraction of sp³-hybridized carbons (Fsp3) is 0.500. The average Bonchev–Trinajstić information content (AvgIpc) is 3.85. The number of amides is 3. The molecule has 0 unspecified atom stereocenters. The van der Waals surface area contributed by atoms with Gasteiger partial charge in [-0.3, -0.25) is 14.3 Å². The molecule has 0 atom stereocenters. The van der Waals surface area contributed by atoms with Gasteiger partial charge in [-0.2, -0.15) is 5.10 Å². The van der Waals surface area contributed by atoms with Gasteiger partial charge in [0.05, 0.1) is 26.5 Å². The second-order valence-corrected chi connectivity index (χ2v) is 13.6. The first kappa shape index (κ1) is 33.4. The van der Waals surface area contributed by atoms with Gasteiger partial charge in [-0.05, 0) is 118 Å². The predicted octanol–water partition coefficient (Wildman–Crippen LogP) is 7.02. The number of ether oxygens (including phenoxy) is 2. The molecule has 10 heteroatoms. The Hall–Kier alpha value is -4.47. The largest absolute Gasteiger partial charge is 0.496 e. The lowest BCUT2D eigenvalue weighted by atomic mass is 9.78. The minimum Gasteiger partial charge on any atom is -0.496 e. The highest BCUT2D eigenvalue weighted by Crippen LogP contribution is 2.39. The third kappa shape index (κ3) is 8.14. The summed E-state index contributed by atoms with van der Waals surface area (Å²) in [5.41, 5.74) is 6.37. The van der Waals surface area contributed by atoms with Gasteiger partial charge in [-0.1, -0.05) is 24.3 Å². The van der Waals surface area contributed by atoms with Crippen LogP contribution in [0.4, 0.5) is 10.5 Å². The first-order valence-corrected chi connectivity index (χ1v) is 17.3. The topological polar surface area (TPSA) is 115 Å². The maximum absolute atomic E-state index is 14.4. The Morgan fingerprint density at radius 2 is 1.73 bits per heavy atom. The van der Waals surface area contributed by atoms with Crippen molar-refractivity contribution >= 4 is 29.3 Å². The Morgan fingerprint density at radius 1 is 0.958 bits per heavy atom. The molecule has 3 aliphatic rings. The molecular weight excluding hydrogens is 606 g/mol. The Morgan fingerprint density at radius 3 is 2.42 bits per heavy atom. The molecule has 0 bridgehead atoms. The van der Waals surface area contributed by atoms with E-state index in [1.54, 1.807) is 7.11 Å². The van der Waals surface area contributed by atoms with Crippen molar-refractivity contribution in [3.8, 4) is 16.9 Å². The smallest absolute Gasteiger partial charge is 0.407 e. The number of aliphatic imine (C=N–C) groups is 1. The minimum absolute atomic E-state index is 0.145. The van der Waals surface area contributed by atoms with E-state index in [1.807, 2.05) is 17.2 Å². The molecule has 0 spiro atoms. The van der Waals surface area contributed by atoms with Crippen molar-refractivity contribution in [2.45, 2.75) is 83.1 Å². The van der Waals surface area contributed by atoms with Crippen LogP contribution in [-0.4, -0.2) is 60.7 Å². The van der Waals surface area contributed by atoms with Crippen molar-refractivity contribution in [2.24, 2.45) is 16.8 Å². The van der Waals surface area contributed by atoms with Gasteiger partial charge in [0.25, 0.3) is 5.91 Å². The van der Waals surface area contributed by atoms with Gasteiger partial charge in [0.15, 0.2) is 0 Å². The van der Waals surface area contributed by atoms with Gasteiger partial charge in [0.2, 0.25) is 5.91 Å². The van der Waals surface area contributed by atoms with Crippen molar-refractivity contribution in [1.29, 1.82) is 0 Å². The number of nitrogens with zero attached hydrogens (tertiary/aromatic N) is 4. The van der Waals surface area contributed by atoms with Gasteiger partial charge in [-0.25, -0.2) is 9.79 Å². The van der Waals surface area contributed by atoms with Crippen LogP contribution in [0.2, 0.25) is 0 Å². The van der Waals surface area contributed by atoms with E-state index in [4.69, 9.17) is 4.74 Å². The van der Waals surface area contributed by atoms with E-state index in [9.17, 15) is 14.4 Å². The van der Waals surface area contributed by atoms with E-state index >= 15 is 0 Å². The summed E-state index contributed by atoms with van der Waals surface area (Å²) >= 11 is 0. The average molecular weight is 654 g/mol.